The summed E-state index contributed by atoms with van der Waals surface area (Å²) in [6.07, 6.45) is 1.10. The summed E-state index contributed by atoms with van der Waals surface area (Å²) in [6, 6.07) is 19.1. The Morgan fingerprint density at radius 2 is 1.68 bits per heavy atom. The number of hydrogen-bond acceptors (Lipinski definition) is 5. The van der Waals surface area contributed by atoms with Crippen LogP contribution in [0.5, 0.6) is 5.75 Å². The van der Waals surface area contributed by atoms with E-state index in [1.54, 1.807) is 30.3 Å². The van der Waals surface area contributed by atoms with Gasteiger partial charge in [-0.15, -0.1) is 0 Å². The smallest absolute Gasteiger partial charge is 0.264 e. The molecule has 0 saturated carbocycles. The molecule has 0 aliphatic rings. The SMILES string of the molecule is CCCNC(=O)C(CC)N(Cc1ccc(C)cc1)C(=O)CN(c1cccc(Cl)c1)S(=O)(=O)c1ccc(OC)cc1. The maximum Gasteiger partial charge on any atom is 0.264 e. The van der Waals surface area contributed by atoms with E-state index >= 15 is 0 Å². The van der Waals surface area contributed by atoms with E-state index in [2.05, 4.69) is 5.32 Å². The number of hydrogen-bond donors (Lipinski definition) is 1. The van der Waals surface area contributed by atoms with E-state index in [1.807, 2.05) is 45.0 Å². The Kier molecular flexibility index (Phi) is 11.0. The lowest BCUT2D eigenvalue weighted by Gasteiger charge is -2.33. The zero-order valence-corrected chi connectivity index (χ0v) is 24.8. The second kappa shape index (κ2) is 14.2. The lowest BCUT2D eigenvalue weighted by Crippen LogP contribution is -2.52. The van der Waals surface area contributed by atoms with Crippen molar-refractivity contribution >= 4 is 39.1 Å². The number of ether oxygens (including phenoxy) is 1. The van der Waals surface area contributed by atoms with Gasteiger partial charge in [-0.1, -0.05) is 61.3 Å². The van der Waals surface area contributed by atoms with Crippen LogP contribution in [0.1, 0.15) is 37.8 Å². The molecule has 3 rings (SSSR count). The number of methoxy groups -OCH3 is 1. The van der Waals surface area contributed by atoms with E-state index in [0.29, 0.717) is 23.7 Å². The van der Waals surface area contributed by atoms with Gasteiger partial charge in [0.2, 0.25) is 11.8 Å². The van der Waals surface area contributed by atoms with Crippen LogP contribution in [-0.4, -0.2) is 51.4 Å². The molecule has 1 atom stereocenters. The van der Waals surface area contributed by atoms with Gasteiger partial charge in [-0.3, -0.25) is 13.9 Å². The molecule has 0 saturated heterocycles. The first-order valence-corrected chi connectivity index (χ1v) is 15.0. The van der Waals surface area contributed by atoms with Crippen molar-refractivity contribution in [2.24, 2.45) is 0 Å². The molecule has 0 heterocycles. The molecule has 0 bridgehead atoms. The Hall–Kier alpha value is -3.56. The van der Waals surface area contributed by atoms with Crippen LogP contribution in [0.2, 0.25) is 5.02 Å². The minimum atomic E-state index is -4.20. The Bertz CT molecular complexity index is 1400. The molecule has 8 nitrogen and oxygen atoms in total. The molecule has 1 unspecified atom stereocenters. The van der Waals surface area contributed by atoms with Crippen LogP contribution in [0.25, 0.3) is 0 Å². The van der Waals surface area contributed by atoms with Crippen molar-refractivity contribution in [1.82, 2.24) is 10.2 Å². The fourth-order valence-electron chi connectivity index (χ4n) is 4.21. The van der Waals surface area contributed by atoms with Crippen molar-refractivity contribution in [3.8, 4) is 5.75 Å². The lowest BCUT2D eigenvalue weighted by atomic mass is 10.1. The van der Waals surface area contributed by atoms with Gasteiger partial charge in [0.05, 0.1) is 17.7 Å². The summed E-state index contributed by atoms with van der Waals surface area (Å²) in [5.41, 5.74) is 2.12. The predicted molar refractivity (Wildman–Crippen MR) is 158 cm³/mol. The molecule has 0 radical (unpaired) electrons. The molecule has 1 N–H and O–H groups in total. The van der Waals surface area contributed by atoms with Crippen LogP contribution in [0.3, 0.4) is 0 Å². The number of aryl methyl sites for hydroxylation is 1. The van der Waals surface area contributed by atoms with Gasteiger partial charge >= 0.3 is 0 Å². The summed E-state index contributed by atoms with van der Waals surface area (Å²) in [5.74, 6) is -0.300. The zero-order valence-electron chi connectivity index (χ0n) is 23.3. The van der Waals surface area contributed by atoms with E-state index in [-0.39, 0.29) is 23.0 Å². The number of amides is 2. The molecule has 2 amide bonds. The van der Waals surface area contributed by atoms with Crippen molar-refractivity contribution in [2.45, 2.75) is 51.1 Å². The first-order valence-electron chi connectivity index (χ1n) is 13.2. The first kappa shape index (κ1) is 31.0. The van der Waals surface area contributed by atoms with Gasteiger partial charge in [-0.2, -0.15) is 0 Å². The summed E-state index contributed by atoms with van der Waals surface area (Å²) in [5, 5.41) is 3.20. The van der Waals surface area contributed by atoms with E-state index < -0.39 is 28.5 Å². The topological polar surface area (TPSA) is 96.0 Å². The molecule has 0 aromatic heterocycles. The second-order valence-corrected chi connectivity index (χ2v) is 11.7. The molecule has 3 aromatic rings. The Labute approximate surface area is 241 Å². The fraction of sp³-hybridized carbons (Fsp3) is 0.333. The van der Waals surface area contributed by atoms with Gasteiger partial charge in [0.15, 0.2) is 0 Å². The fourth-order valence-corrected chi connectivity index (χ4v) is 5.80. The molecule has 3 aromatic carbocycles. The number of nitrogens with zero attached hydrogens (tertiary/aromatic N) is 2. The highest BCUT2D eigenvalue weighted by molar-refractivity contribution is 7.92. The third-order valence-corrected chi connectivity index (χ3v) is 8.45. The number of sulfonamides is 1. The lowest BCUT2D eigenvalue weighted by molar-refractivity contribution is -0.140. The number of rotatable bonds is 13. The molecule has 0 spiro atoms. The molecular formula is C30H36ClN3O5S. The van der Waals surface area contributed by atoms with E-state index in [9.17, 15) is 18.0 Å². The van der Waals surface area contributed by atoms with Crippen LogP contribution in [0, 0.1) is 6.92 Å². The number of benzene rings is 3. The molecular weight excluding hydrogens is 550 g/mol. The van der Waals surface area contributed by atoms with Gasteiger partial charge in [-0.25, -0.2) is 8.42 Å². The molecule has 10 heteroatoms. The predicted octanol–water partition coefficient (Wildman–Crippen LogP) is 5.19. The van der Waals surface area contributed by atoms with Gasteiger partial charge < -0.3 is 15.0 Å². The van der Waals surface area contributed by atoms with Gasteiger partial charge in [-0.05, 0) is 67.8 Å². The van der Waals surface area contributed by atoms with E-state index in [4.69, 9.17) is 16.3 Å². The molecule has 0 aliphatic heterocycles. The van der Waals surface area contributed by atoms with Crippen LogP contribution in [0.15, 0.2) is 77.7 Å². The third kappa shape index (κ3) is 7.76. The molecule has 40 heavy (non-hydrogen) atoms. The number of halogens is 1. The van der Waals surface area contributed by atoms with Crippen molar-refractivity contribution in [3.63, 3.8) is 0 Å². The minimum absolute atomic E-state index is 0.0149. The number of carbonyl (C=O) groups excluding carboxylic acids is 2. The first-order chi connectivity index (χ1) is 19.1. The van der Waals surface area contributed by atoms with Crippen LogP contribution >= 0.6 is 11.6 Å². The highest BCUT2D eigenvalue weighted by atomic mass is 35.5. The Morgan fingerprint density at radius 1 is 1.00 bits per heavy atom. The standard InChI is InChI=1S/C30H36ClN3O5S/c1-5-18-32-30(36)28(6-2)33(20-23-12-10-22(3)11-13-23)29(35)21-34(25-9-7-8-24(31)19-25)40(37,38)27-16-14-26(39-4)15-17-27/h7-17,19,28H,5-6,18,20-21H2,1-4H3,(H,32,36). The van der Waals surface area contributed by atoms with Gasteiger partial charge in [0.25, 0.3) is 10.0 Å². The Balaban J connectivity index is 2.05. The highest BCUT2D eigenvalue weighted by Crippen LogP contribution is 2.28. The summed E-state index contributed by atoms with van der Waals surface area (Å²) in [6.45, 7) is 5.83. The average molecular weight is 586 g/mol. The summed E-state index contributed by atoms with van der Waals surface area (Å²) >= 11 is 6.22. The molecule has 214 valence electrons. The number of nitrogens with one attached hydrogen (secondary N) is 1. The monoisotopic (exact) mass is 585 g/mol. The number of carbonyl (C=O) groups is 2. The summed E-state index contributed by atoms with van der Waals surface area (Å²) in [4.78, 5) is 28.6. The number of anilines is 1. The van der Waals surface area contributed by atoms with Crippen molar-refractivity contribution < 1.29 is 22.7 Å². The Morgan fingerprint density at radius 3 is 2.25 bits per heavy atom. The van der Waals surface area contributed by atoms with Crippen LogP contribution in [0.4, 0.5) is 5.69 Å². The van der Waals surface area contributed by atoms with Crippen LogP contribution in [-0.2, 0) is 26.2 Å². The molecule has 0 aliphatic carbocycles. The summed E-state index contributed by atoms with van der Waals surface area (Å²) in [7, 11) is -2.71. The second-order valence-electron chi connectivity index (χ2n) is 9.39. The van der Waals surface area contributed by atoms with E-state index in [0.717, 1.165) is 21.9 Å². The van der Waals surface area contributed by atoms with E-state index in [1.165, 1.54) is 30.2 Å². The summed E-state index contributed by atoms with van der Waals surface area (Å²) < 4.78 is 34.0. The largest absolute Gasteiger partial charge is 0.497 e. The zero-order chi connectivity index (χ0) is 29.3. The normalized spacial score (nSPS) is 11.9. The average Bonchev–Trinajstić information content (AvgIpc) is 2.95. The van der Waals surface area contributed by atoms with Crippen LogP contribution < -0.4 is 14.4 Å². The quantitative estimate of drug-likeness (QED) is 0.298. The van der Waals surface area contributed by atoms with Crippen molar-refractivity contribution in [2.75, 3.05) is 24.5 Å². The minimum Gasteiger partial charge on any atom is -0.497 e. The van der Waals surface area contributed by atoms with Gasteiger partial charge in [0.1, 0.15) is 18.3 Å². The maximum absolute atomic E-state index is 14.0. The van der Waals surface area contributed by atoms with Crippen molar-refractivity contribution in [3.05, 3.63) is 88.9 Å². The molecule has 0 fully saturated rings. The highest BCUT2D eigenvalue weighted by Gasteiger charge is 2.33. The third-order valence-electron chi connectivity index (χ3n) is 6.43. The van der Waals surface area contributed by atoms with Crippen molar-refractivity contribution in [1.29, 1.82) is 0 Å². The van der Waals surface area contributed by atoms with Gasteiger partial charge in [0, 0.05) is 18.1 Å². The maximum atomic E-state index is 14.0.